The Bertz CT molecular complexity index is 552. The van der Waals surface area contributed by atoms with E-state index >= 15 is 0 Å². The predicted molar refractivity (Wildman–Crippen MR) is 62.0 cm³/mol. The summed E-state index contributed by atoms with van der Waals surface area (Å²) in [5.74, 6) is 0.520. The van der Waals surface area contributed by atoms with Crippen LogP contribution < -0.4 is 5.32 Å². The van der Waals surface area contributed by atoms with Crippen molar-refractivity contribution in [3.05, 3.63) is 42.1 Å². The summed E-state index contributed by atoms with van der Waals surface area (Å²) in [6.07, 6.45) is -3.00. The van der Waals surface area contributed by atoms with E-state index < -0.39 is 11.7 Å². The Kier molecular flexibility index (Phi) is 3.18. The van der Waals surface area contributed by atoms with Gasteiger partial charge in [0, 0.05) is 18.8 Å². The van der Waals surface area contributed by atoms with Crippen molar-refractivity contribution in [2.24, 2.45) is 0 Å². The van der Waals surface area contributed by atoms with Gasteiger partial charge in [0.05, 0.1) is 5.56 Å². The summed E-state index contributed by atoms with van der Waals surface area (Å²) in [6, 6.07) is 6.83. The van der Waals surface area contributed by atoms with E-state index in [0.717, 1.165) is 6.07 Å². The third-order valence-corrected chi connectivity index (χ3v) is 2.39. The SMILES string of the molecule is CNc1ccnc(-c2ccccc2C(F)(F)F)n1. The second kappa shape index (κ2) is 4.64. The number of nitrogens with zero attached hydrogens (tertiary/aromatic N) is 2. The van der Waals surface area contributed by atoms with Gasteiger partial charge < -0.3 is 5.32 Å². The lowest BCUT2D eigenvalue weighted by Gasteiger charge is -2.11. The molecule has 2 aromatic rings. The maximum atomic E-state index is 12.8. The summed E-state index contributed by atoms with van der Waals surface area (Å²) in [6.45, 7) is 0. The van der Waals surface area contributed by atoms with Gasteiger partial charge in [-0.2, -0.15) is 13.2 Å². The predicted octanol–water partition coefficient (Wildman–Crippen LogP) is 3.20. The molecule has 1 aromatic heterocycles. The van der Waals surface area contributed by atoms with E-state index in [0.29, 0.717) is 5.82 Å². The summed E-state index contributed by atoms with van der Waals surface area (Å²) < 4.78 is 38.5. The highest BCUT2D eigenvalue weighted by Gasteiger charge is 2.33. The molecule has 0 bridgehead atoms. The van der Waals surface area contributed by atoms with Crippen LogP contribution in [0.15, 0.2) is 36.5 Å². The number of anilines is 1. The largest absolute Gasteiger partial charge is 0.417 e. The Morgan fingerprint density at radius 3 is 2.50 bits per heavy atom. The lowest BCUT2D eigenvalue weighted by Crippen LogP contribution is -2.08. The first-order valence-electron chi connectivity index (χ1n) is 5.20. The first kappa shape index (κ1) is 12.3. The molecule has 1 heterocycles. The second-order valence-electron chi connectivity index (χ2n) is 3.56. The number of nitrogens with one attached hydrogen (secondary N) is 1. The maximum absolute atomic E-state index is 12.8. The molecule has 0 aliphatic rings. The third-order valence-electron chi connectivity index (χ3n) is 2.39. The number of halogens is 3. The first-order chi connectivity index (χ1) is 8.52. The minimum absolute atomic E-state index is 0.0258. The average Bonchev–Trinajstić information content (AvgIpc) is 2.38. The minimum atomic E-state index is -4.42. The van der Waals surface area contributed by atoms with Gasteiger partial charge in [0.25, 0.3) is 0 Å². The fourth-order valence-electron chi connectivity index (χ4n) is 1.55. The molecule has 0 amide bonds. The molecule has 6 heteroatoms. The Morgan fingerprint density at radius 1 is 1.11 bits per heavy atom. The molecule has 3 nitrogen and oxygen atoms in total. The lowest BCUT2D eigenvalue weighted by molar-refractivity contribution is -0.137. The van der Waals surface area contributed by atoms with E-state index in [1.54, 1.807) is 13.1 Å². The van der Waals surface area contributed by atoms with Crippen molar-refractivity contribution >= 4 is 5.82 Å². The molecule has 0 unspecified atom stereocenters. The second-order valence-corrected chi connectivity index (χ2v) is 3.56. The Hall–Kier alpha value is -2.11. The van der Waals surface area contributed by atoms with Crippen LogP contribution in [0.1, 0.15) is 5.56 Å². The van der Waals surface area contributed by atoms with Crippen molar-refractivity contribution in [2.45, 2.75) is 6.18 Å². The number of hydrogen-bond acceptors (Lipinski definition) is 3. The van der Waals surface area contributed by atoms with Gasteiger partial charge in [-0.15, -0.1) is 0 Å². The summed E-state index contributed by atoms with van der Waals surface area (Å²) in [5, 5.41) is 2.76. The normalized spacial score (nSPS) is 11.3. The number of alkyl halides is 3. The van der Waals surface area contributed by atoms with Crippen molar-refractivity contribution < 1.29 is 13.2 Å². The quantitative estimate of drug-likeness (QED) is 0.893. The number of rotatable bonds is 2. The lowest BCUT2D eigenvalue weighted by atomic mass is 10.1. The molecule has 1 N–H and O–H groups in total. The van der Waals surface area contributed by atoms with Crippen LogP contribution in [0, 0.1) is 0 Å². The Labute approximate surface area is 102 Å². The molecular formula is C12H10F3N3. The minimum Gasteiger partial charge on any atom is -0.373 e. The molecule has 0 atom stereocenters. The van der Waals surface area contributed by atoms with Crippen LogP contribution in [-0.4, -0.2) is 17.0 Å². The zero-order chi connectivity index (χ0) is 13.2. The zero-order valence-electron chi connectivity index (χ0n) is 9.49. The van der Waals surface area contributed by atoms with Gasteiger partial charge in [0.2, 0.25) is 0 Å². The van der Waals surface area contributed by atoms with Gasteiger partial charge in [-0.3, -0.25) is 0 Å². The summed E-state index contributed by atoms with van der Waals surface area (Å²) in [4.78, 5) is 7.89. The summed E-state index contributed by atoms with van der Waals surface area (Å²) in [7, 11) is 1.64. The number of benzene rings is 1. The molecule has 18 heavy (non-hydrogen) atoms. The van der Waals surface area contributed by atoms with E-state index in [-0.39, 0.29) is 11.4 Å². The van der Waals surface area contributed by atoms with Crippen LogP contribution >= 0.6 is 0 Å². The fraction of sp³-hybridized carbons (Fsp3) is 0.167. The van der Waals surface area contributed by atoms with E-state index in [1.807, 2.05) is 0 Å². The molecule has 0 saturated heterocycles. The fourth-order valence-corrected chi connectivity index (χ4v) is 1.55. The van der Waals surface area contributed by atoms with E-state index in [4.69, 9.17) is 0 Å². The van der Waals surface area contributed by atoms with Crippen LogP contribution in [0.2, 0.25) is 0 Å². The van der Waals surface area contributed by atoms with Gasteiger partial charge >= 0.3 is 6.18 Å². The van der Waals surface area contributed by atoms with Crippen molar-refractivity contribution in [2.75, 3.05) is 12.4 Å². The number of aromatic nitrogens is 2. The highest BCUT2D eigenvalue weighted by Crippen LogP contribution is 2.35. The third kappa shape index (κ3) is 2.42. The van der Waals surface area contributed by atoms with E-state index in [1.165, 1.54) is 24.4 Å². The van der Waals surface area contributed by atoms with Gasteiger partial charge in [-0.05, 0) is 12.1 Å². The van der Waals surface area contributed by atoms with Crippen LogP contribution in [0.25, 0.3) is 11.4 Å². The standard InChI is InChI=1S/C12H10F3N3/c1-16-10-6-7-17-11(18-10)8-4-2-3-5-9(8)12(13,14)15/h2-7H,1H3,(H,16,17,18). The van der Waals surface area contributed by atoms with Crippen molar-refractivity contribution in [3.63, 3.8) is 0 Å². The van der Waals surface area contributed by atoms with Crippen molar-refractivity contribution in [1.82, 2.24) is 9.97 Å². The highest BCUT2D eigenvalue weighted by molar-refractivity contribution is 5.62. The van der Waals surface area contributed by atoms with Crippen LogP contribution in [0.5, 0.6) is 0 Å². The smallest absolute Gasteiger partial charge is 0.373 e. The monoisotopic (exact) mass is 253 g/mol. The maximum Gasteiger partial charge on any atom is 0.417 e. The molecule has 0 aliphatic carbocycles. The molecule has 0 radical (unpaired) electrons. The van der Waals surface area contributed by atoms with E-state index in [9.17, 15) is 13.2 Å². The molecule has 2 rings (SSSR count). The Balaban J connectivity index is 2.57. The molecule has 0 spiro atoms. The van der Waals surface area contributed by atoms with Crippen molar-refractivity contribution in [1.29, 1.82) is 0 Å². The summed E-state index contributed by atoms with van der Waals surface area (Å²) >= 11 is 0. The van der Waals surface area contributed by atoms with Crippen molar-refractivity contribution in [3.8, 4) is 11.4 Å². The van der Waals surface area contributed by atoms with E-state index in [2.05, 4.69) is 15.3 Å². The molecular weight excluding hydrogens is 243 g/mol. The van der Waals surface area contributed by atoms with Gasteiger partial charge in [0.15, 0.2) is 5.82 Å². The van der Waals surface area contributed by atoms with Gasteiger partial charge in [-0.25, -0.2) is 9.97 Å². The number of hydrogen-bond donors (Lipinski definition) is 1. The molecule has 0 fully saturated rings. The molecule has 94 valence electrons. The average molecular weight is 253 g/mol. The first-order valence-corrected chi connectivity index (χ1v) is 5.20. The molecule has 1 aromatic carbocycles. The van der Waals surface area contributed by atoms with Crippen LogP contribution in [0.4, 0.5) is 19.0 Å². The molecule has 0 saturated carbocycles. The highest BCUT2D eigenvalue weighted by atomic mass is 19.4. The van der Waals surface area contributed by atoms with Crippen LogP contribution in [0.3, 0.4) is 0 Å². The summed E-state index contributed by atoms with van der Waals surface area (Å²) in [5.41, 5.74) is -0.764. The van der Waals surface area contributed by atoms with Gasteiger partial charge in [0.1, 0.15) is 5.82 Å². The molecule has 0 aliphatic heterocycles. The Morgan fingerprint density at radius 2 is 1.83 bits per heavy atom. The van der Waals surface area contributed by atoms with Crippen LogP contribution in [-0.2, 0) is 6.18 Å². The zero-order valence-corrected chi connectivity index (χ0v) is 9.49. The van der Waals surface area contributed by atoms with Gasteiger partial charge in [-0.1, -0.05) is 18.2 Å². The topological polar surface area (TPSA) is 37.8 Å².